The van der Waals surface area contributed by atoms with Gasteiger partial charge in [0.25, 0.3) is 11.8 Å². The number of benzene rings is 2. The molecule has 1 heterocycles. The zero-order valence-electron chi connectivity index (χ0n) is 15.2. The van der Waals surface area contributed by atoms with Crippen LogP contribution in [0.1, 0.15) is 29.8 Å². The van der Waals surface area contributed by atoms with Crippen LogP contribution in [0.2, 0.25) is 0 Å². The van der Waals surface area contributed by atoms with Gasteiger partial charge in [-0.2, -0.15) is 0 Å². The van der Waals surface area contributed by atoms with E-state index in [1.807, 2.05) is 49.2 Å². The highest BCUT2D eigenvalue weighted by Gasteiger charge is 2.37. The second kappa shape index (κ2) is 7.44. The minimum atomic E-state index is -0.342. The third-order valence-electron chi connectivity index (χ3n) is 4.53. The van der Waals surface area contributed by atoms with E-state index < -0.39 is 0 Å². The van der Waals surface area contributed by atoms with Gasteiger partial charge in [0.2, 0.25) is 0 Å². The molecule has 5 nitrogen and oxygen atoms in total. The van der Waals surface area contributed by atoms with E-state index in [2.05, 4.69) is 0 Å². The van der Waals surface area contributed by atoms with Crippen LogP contribution >= 0.6 is 0 Å². The van der Waals surface area contributed by atoms with Crippen LogP contribution < -0.4 is 9.64 Å². The topological polar surface area (TPSA) is 49.9 Å². The first-order valence-corrected chi connectivity index (χ1v) is 8.69. The molecular formula is C21H22N2O3. The van der Waals surface area contributed by atoms with E-state index in [9.17, 15) is 9.59 Å². The highest BCUT2D eigenvalue weighted by Crippen LogP contribution is 2.36. The number of anilines is 1. The molecule has 0 unspecified atom stereocenters. The van der Waals surface area contributed by atoms with Crippen molar-refractivity contribution in [2.24, 2.45) is 0 Å². The lowest BCUT2D eigenvalue weighted by molar-refractivity contribution is -0.112. The molecule has 2 aromatic carbocycles. The molecule has 5 heteroatoms. The molecule has 0 atom stereocenters. The summed E-state index contributed by atoms with van der Waals surface area (Å²) in [5.74, 6) is -0.201. The van der Waals surface area contributed by atoms with Gasteiger partial charge < -0.3 is 9.64 Å². The van der Waals surface area contributed by atoms with E-state index in [-0.39, 0.29) is 11.8 Å². The molecular weight excluding hydrogens is 328 g/mol. The maximum Gasteiger partial charge on any atom is 0.267 e. The Kier molecular flexibility index (Phi) is 5.07. The average molecular weight is 350 g/mol. The van der Waals surface area contributed by atoms with Crippen LogP contribution in [0.15, 0.2) is 54.7 Å². The third-order valence-corrected chi connectivity index (χ3v) is 4.53. The second-order valence-corrected chi connectivity index (χ2v) is 5.93. The average Bonchev–Trinajstić information content (AvgIpc) is 2.68. The van der Waals surface area contributed by atoms with Gasteiger partial charge in [0, 0.05) is 30.4 Å². The molecule has 26 heavy (non-hydrogen) atoms. The summed E-state index contributed by atoms with van der Waals surface area (Å²) < 4.78 is 5.37. The van der Waals surface area contributed by atoms with Gasteiger partial charge in [-0.25, -0.2) is 4.90 Å². The van der Waals surface area contributed by atoms with Crippen molar-refractivity contribution in [3.63, 3.8) is 0 Å². The molecule has 0 spiro atoms. The van der Waals surface area contributed by atoms with Crippen molar-refractivity contribution in [1.29, 1.82) is 0 Å². The summed E-state index contributed by atoms with van der Waals surface area (Å²) in [7, 11) is 1.53. The Morgan fingerprint density at radius 2 is 1.54 bits per heavy atom. The van der Waals surface area contributed by atoms with Crippen LogP contribution in [0.5, 0.6) is 5.75 Å². The molecule has 1 aliphatic heterocycles. The Labute approximate surface area is 153 Å². The number of imide groups is 1. The monoisotopic (exact) mass is 350 g/mol. The minimum Gasteiger partial charge on any atom is -0.495 e. The molecule has 0 saturated heterocycles. The molecule has 0 fully saturated rings. The Morgan fingerprint density at radius 3 is 2.19 bits per heavy atom. The standard InChI is InChI=1S/C21H22N2O3/c1-4-22(5-2)14-17-15-10-6-7-11-16(15)20(24)23(21(17)25)18-12-8-9-13-19(18)26-3/h6-14H,4-5H2,1-3H3/b17-14-. The second-order valence-electron chi connectivity index (χ2n) is 5.93. The van der Waals surface area contributed by atoms with E-state index in [0.29, 0.717) is 28.1 Å². The minimum absolute atomic E-state index is 0.341. The molecule has 0 radical (unpaired) electrons. The van der Waals surface area contributed by atoms with Gasteiger partial charge in [-0.15, -0.1) is 0 Å². The fourth-order valence-electron chi connectivity index (χ4n) is 3.10. The maximum atomic E-state index is 13.3. The summed E-state index contributed by atoms with van der Waals surface area (Å²) in [6.07, 6.45) is 1.84. The van der Waals surface area contributed by atoms with E-state index in [0.717, 1.165) is 13.1 Å². The predicted octanol–water partition coefficient (Wildman–Crippen LogP) is 3.56. The first kappa shape index (κ1) is 17.7. The maximum absolute atomic E-state index is 13.3. The van der Waals surface area contributed by atoms with Gasteiger partial charge in [0.1, 0.15) is 5.75 Å². The number of fused-ring (bicyclic) bond motifs is 1. The fourth-order valence-corrected chi connectivity index (χ4v) is 3.10. The number of nitrogens with zero attached hydrogens (tertiary/aromatic N) is 2. The lowest BCUT2D eigenvalue weighted by Crippen LogP contribution is -2.42. The van der Waals surface area contributed by atoms with Crippen LogP contribution in [0.3, 0.4) is 0 Å². The number of carbonyl (C=O) groups is 2. The summed E-state index contributed by atoms with van der Waals surface area (Å²) >= 11 is 0. The first-order valence-electron chi connectivity index (χ1n) is 8.69. The van der Waals surface area contributed by atoms with Crippen molar-refractivity contribution in [2.45, 2.75) is 13.8 Å². The van der Waals surface area contributed by atoms with Crippen LogP contribution in [0, 0.1) is 0 Å². The summed E-state index contributed by atoms with van der Waals surface area (Å²) in [6.45, 7) is 5.61. The van der Waals surface area contributed by atoms with Crippen molar-refractivity contribution in [3.05, 3.63) is 65.9 Å². The number of ether oxygens (including phenoxy) is 1. The third kappa shape index (κ3) is 2.96. The SMILES string of the molecule is CCN(/C=C1\C(=O)N(c2ccccc2OC)C(=O)c2ccccc21)CC. The largest absolute Gasteiger partial charge is 0.495 e. The summed E-state index contributed by atoms with van der Waals surface area (Å²) in [5.41, 5.74) is 2.14. The van der Waals surface area contributed by atoms with E-state index in [4.69, 9.17) is 4.74 Å². The number of hydrogen-bond donors (Lipinski definition) is 0. The molecule has 0 bridgehead atoms. The van der Waals surface area contributed by atoms with Gasteiger partial charge >= 0.3 is 0 Å². The Morgan fingerprint density at radius 1 is 0.923 bits per heavy atom. The van der Waals surface area contributed by atoms with E-state index in [1.165, 1.54) is 12.0 Å². The molecule has 0 aromatic heterocycles. The fraction of sp³-hybridized carbons (Fsp3) is 0.238. The number of rotatable bonds is 5. The van der Waals surface area contributed by atoms with Crippen molar-refractivity contribution in [2.75, 3.05) is 25.1 Å². The van der Waals surface area contributed by atoms with Crippen molar-refractivity contribution < 1.29 is 14.3 Å². The predicted molar refractivity (Wildman–Crippen MR) is 102 cm³/mol. The smallest absolute Gasteiger partial charge is 0.267 e. The first-order chi connectivity index (χ1) is 12.6. The van der Waals surface area contributed by atoms with Crippen LogP contribution in [-0.4, -0.2) is 36.9 Å². The zero-order chi connectivity index (χ0) is 18.7. The van der Waals surface area contributed by atoms with E-state index in [1.54, 1.807) is 24.3 Å². The Balaban J connectivity index is 2.20. The lowest BCUT2D eigenvalue weighted by Gasteiger charge is -2.30. The zero-order valence-corrected chi connectivity index (χ0v) is 15.2. The number of hydrogen-bond acceptors (Lipinski definition) is 4. The lowest BCUT2D eigenvalue weighted by atomic mass is 9.93. The molecule has 2 aromatic rings. The van der Waals surface area contributed by atoms with Gasteiger partial charge in [-0.1, -0.05) is 30.3 Å². The van der Waals surface area contributed by atoms with Crippen molar-refractivity contribution in [3.8, 4) is 5.75 Å². The number of amides is 2. The highest BCUT2D eigenvalue weighted by molar-refractivity contribution is 6.41. The molecule has 0 saturated carbocycles. The van der Waals surface area contributed by atoms with Gasteiger partial charge in [-0.3, -0.25) is 9.59 Å². The van der Waals surface area contributed by atoms with Crippen molar-refractivity contribution in [1.82, 2.24) is 4.90 Å². The number of para-hydroxylation sites is 2. The van der Waals surface area contributed by atoms with Gasteiger partial charge in [-0.05, 0) is 32.0 Å². The van der Waals surface area contributed by atoms with E-state index >= 15 is 0 Å². The van der Waals surface area contributed by atoms with Crippen molar-refractivity contribution >= 4 is 23.1 Å². The van der Waals surface area contributed by atoms with Crippen LogP contribution in [0.4, 0.5) is 5.69 Å². The van der Waals surface area contributed by atoms with Gasteiger partial charge in [0.05, 0.1) is 18.4 Å². The molecule has 0 N–H and O–H groups in total. The molecule has 134 valence electrons. The Hall–Kier alpha value is -3.08. The molecule has 3 rings (SSSR count). The summed E-state index contributed by atoms with van der Waals surface area (Å²) in [6, 6.07) is 14.3. The quantitative estimate of drug-likeness (QED) is 0.611. The molecule has 1 aliphatic rings. The van der Waals surface area contributed by atoms with Crippen LogP contribution in [0.25, 0.3) is 5.57 Å². The van der Waals surface area contributed by atoms with Crippen LogP contribution in [-0.2, 0) is 4.79 Å². The van der Waals surface area contributed by atoms with Gasteiger partial charge in [0.15, 0.2) is 0 Å². The molecule has 0 aliphatic carbocycles. The summed E-state index contributed by atoms with van der Waals surface area (Å²) in [4.78, 5) is 29.6. The number of methoxy groups -OCH3 is 1. The highest BCUT2D eigenvalue weighted by atomic mass is 16.5. The normalized spacial score (nSPS) is 15.2. The Bertz CT molecular complexity index is 869. The molecule has 2 amide bonds. The number of carbonyl (C=O) groups excluding carboxylic acids is 2. The summed E-state index contributed by atoms with van der Waals surface area (Å²) in [5, 5.41) is 0.